The lowest BCUT2D eigenvalue weighted by Crippen LogP contribution is -2.59. The summed E-state index contributed by atoms with van der Waals surface area (Å²) in [6.07, 6.45) is 0.236. The molecule has 1 aliphatic carbocycles. The number of ketones is 2. The first-order valence-corrected chi connectivity index (χ1v) is 13.2. The van der Waals surface area contributed by atoms with E-state index < -0.39 is 29.0 Å². The zero-order chi connectivity index (χ0) is 28.9. The summed E-state index contributed by atoms with van der Waals surface area (Å²) in [5.41, 5.74) is 0.523. The van der Waals surface area contributed by atoms with E-state index in [2.05, 4.69) is 11.9 Å². The summed E-state index contributed by atoms with van der Waals surface area (Å²) in [5.74, 6) is -1.10. The Labute approximate surface area is 237 Å². The molecule has 10 heteroatoms. The molecule has 1 N–H and O–H groups in total. The van der Waals surface area contributed by atoms with E-state index in [-0.39, 0.29) is 46.6 Å². The molecule has 1 amide bonds. The van der Waals surface area contributed by atoms with Crippen molar-refractivity contribution in [1.82, 2.24) is 5.32 Å². The van der Waals surface area contributed by atoms with Crippen molar-refractivity contribution in [2.45, 2.75) is 38.2 Å². The smallest absolute Gasteiger partial charge is 0.236 e. The summed E-state index contributed by atoms with van der Waals surface area (Å²) in [5, 5.41) is 2.94. The molecule has 0 fully saturated rings. The molecule has 2 aromatic rings. The average molecular weight is 568 g/mol. The van der Waals surface area contributed by atoms with Crippen molar-refractivity contribution in [1.29, 1.82) is 0 Å². The van der Waals surface area contributed by atoms with Gasteiger partial charge in [-0.05, 0) is 36.6 Å². The summed E-state index contributed by atoms with van der Waals surface area (Å²) in [4.78, 5) is 41.4. The number of hydrogen-bond acceptors (Lipinski definition) is 8. The van der Waals surface area contributed by atoms with Gasteiger partial charge in [0.2, 0.25) is 23.1 Å². The molecular formula is C30H30ClNO8. The van der Waals surface area contributed by atoms with Crippen LogP contribution in [0.4, 0.5) is 0 Å². The van der Waals surface area contributed by atoms with E-state index in [1.165, 1.54) is 27.4 Å². The highest BCUT2D eigenvalue weighted by atomic mass is 35.5. The molecular weight excluding hydrogens is 538 g/mol. The zero-order valence-corrected chi connectivity index (χ0v) is 23.7. The second-order valence-electron chi connectivity index (χ2n) is 10.3. The number of halogens is 1. The maximum Gasteiger partial charge on any atom is 0.236 e. The van der Waals surface area contributed by atoms with Gasteiger partial charge in [0.05, 0.1) is 21.3 Å². The Hall–Kier alpha value is -3.98. The van der Waals surface area contributed by atoms with E-state index in [4.69, 9.17) is 35.3 Å². The molecule has 1 spiro atoms. The Bertz CT molecular complexity index is 1500. The van der Waals surface area contributed by atoms with Crippen LogP contribution in [0.1, 0.15) is 48.5 Å². The van der Waals surface area contributed by atoms with Crippen molar-refractivity contribution in [3.05, 3.63) is 63.8 Å². The van der Waals surface area contributed by atoms with Crippen LogP contribution in [0.5, 0.6) is 28.7 Å². The van der Waals surface area contributed by atoms with E-state index >= 15 is 0 Å². The van der Waals surface area contributed by atoms with Crippen molar-refractivity contribution in [3.8, 4) is 28.7 Å². The number of nitrogens with one attached hydrogen (secondary N) is 1. The van der Waals surface area contributed by atoms with Gasteiger partial charge in [-0.1, -0.05) is 31.2 Å². The largest absolute Gasteiger partial charge is 0.496 e. The number of Topliss-reactive ketones (excluding diaryl/α,β-unsaturated/α-hetero) is 2. The van der Waals surface area contributed by atoms with Gasteiger partial charge in [0.1, 0.15) is 28.7 Å². The third-order valence-corrected chi connectivity index (χ3v) is 7.98. The van der Waals surface area contributed by atoms with Crippen LogP contribution in [-0.2, 0) is 9.59 Å². The first kappa shape index (κ1) is 27.6. The van der Waals surface area contributed by atoms with Crippen LogP contribution in [0.3, 0.4) is 0 Å². The zero-order valence-electron chi connectivity index (χ0n) is 22.9. The number of allylic oxidation sites excluding steroid dienone is 1. The van der Waals surface area contributed by atoms with Gasteiger partial charge >= 0.3 is 0 Å². The van der Waals surface area contributed by atoms with Crippen molar-refractivity contribution < 1.29 is 38.1 Å². The van der Waals surface area contributed by atoms with Crippen molar-refractivity contribution >= 4 is 29.1 Å². The first-order chi connectivity index (χ1) is 19.1. The fourth-order valence-corrected chi connectivity index (χ4v) is 5.96. The maximum atomic E-state index is 14.5. The summed E-state index contributed by atoms with van der Waals surface area (Å²) < 4.78 is 28.4. The van der Waals surface area contributed by atoms with E-state index in [0.717, 1.165) is 5.57 Å². The molecule has 2 aromatic carbocycles. The number of methoxy groups -OCH3 is 3. The standard InChI is InChI=1S/C30H30ClNO8/c1-14(2)13-39-19-8-7-16(10-20(19)36-4)17-11-23(33)32-18-9-15(3)30(28(34)24(17)18)29(35)25-21(37-5)12-22(38-6)26(31)27(25)40-30/h7-8,10,12,15,17H,1,9,11,13H2,2-6H3,(H,32,33)/t15-,17-,30+/m1/s1. The van der Waals surface area contributed by atoms with E-state index in [9.17, 15) is 14.4 Å². The molecule has 9 nitrogen and oxygen atoms in total. The molecule has 40 heavy (non-hydrogen) atoms. The van der Waals surface area contributed by atoms with Crippen molar-refractivity contribution in [2.24, 2.45) is 5.92 Å². The van der Waals surface area contributed by atoms with Crippen LogP contribution in [0.2, 0.25) is 5.02 Å². The molecule has 3 aliphatic rings. The number of benzene rings is 2. The van der Waals surface area contributed by atoms with Crippen LogP contribution < -0.4 is 29.0 Å². The molecule has 2 heterocycles. The maximum absolute atomic E-state index is 14.5. The fraction of sp³-hybridized carbons (Fsp3) is 0.367. The molecule has 0 bridgehead atoms. The highest BCUT2D eigenvalue weighted by molar-refractivity contribution is 6.36. The molecule has 0 saturated carbocycles. The van der Waals surface area contributed by atoms with Gasteiger partial charge in [0.15, 0.2) is 17.2 Å². The van der Waals surface area contributed by atoms with Crippen LogP contribution in [0.25, 0.3) is 0 Å². The number of rotatable bonds is 7. The van der Waals surface area contributed by atoms with E-state index in [0.29, 0.717) is 34.9 Å². The number of fused-ring (bicyclic) bond motifs is 1. The summed E-state index contributed by atoms with van der Waals surface area (Å²) >= 11 is 6.55. The molecule has 0 saturated heterocycles. The molecule has 3 atom stereocenters. The monoisotopic (exact) mass is 567 g/mol. The second-order valence-corrected chi connectivity index (χ2v) is 10.6. The second kappa shape index (κ2) is 10.2. The predicted molar refractivity (Wildman–Crippen MR) is 147 cm³/mol. The number of ether oxygens (including phenoxy) is 5. The van der Waals surface area contributed by atoms with Crippen LogP contribution in [0, 0.1) is 5.92 Å². The quantitative estimate of drug-likeness (QED) is 0.375. The molecule has 0 aromatic heterocycles. The normalized spacial score (nSPS) is 23.3. The van der Waals surface area contributed by atoms with Gasteiger partial charge in [-0.25, -0.2) is 0 Å². The summed E-state index contributed by atoms with van der Waals surface area (Å²) in [7, 11) is 4.36. The third kappa shape index (κ3) is 4.11. The number of hydrogen-bond donors (Lipinski definition) is 1. The summed E-state index contributed by atoms with van der Waals surface area (Å²) in [6.45, 7) is 7.76. The number of carbonyl (C=O) groups excluding carboxylic acids is 3. The Kier molecular flexibility index (Phi) is 7.04. The minimum absolute atomic E-state index is 0.00317. The van der Waals surface area contributed by atoms with Gasteiger partial charge in [0, 0.05) is 35.6 Å². The molecule has 5 rings (SSSR count). The summed E-state index contributed by atoms with van der Waals surface area (Å²) in [6, 6.07) is 6.77. The van der Waals surface area contributed by atoms with Gasteiger partial charge in [-0.2, -0.15) is 0 Å². The van der Waals surface area contributed by atoms with Crippen molar-refractivity contribution in [3.63, 3.8) is 0 Å². The van der Waals surface area contributed by atoms with Gasteiger partial charge in [-0.15, -0.1) is 0 Å². The Morgan fingerprint density at radius 1 is 1.02 bits per heavy atom. The highest BCUT2D eigenvalue weighted by Crippen LogP contribution is 2.55. The number of carbonyl (C=O) groups is 3. The van der Waals surface area contributed by atoms with Crippen LogP contribution in [-0.4, -0.2) is 51.0 Å². The predicted octanol–water partition coefficient (Wildman–Crippen LogP) is 4.80. The Morgan fingerprint density at radius 2 is 1.73 bits per heavy atom. The minimum atomic E-state index is -1.88. The number of amides is 1. The molecule has 0 radical (unpaired) electrons. The lowest BCUT2D eigenvalue weighted by atomic mass is 9.66. The molecule has 210 valence electrons. The van der Waals surface area contributed by atoms with Crippen molar-refractivity contribution in [2.75, 3.05) is 27.9 Å². The lowest BCUT2D eigenvalue weighted by molar-refractivity contribution is -0.131. The van der Waals surface area contributed by atoms with Gasteiger partial charge in [0.25, 0.3) is 0 Å². The SMILES string of the molecule is C=C(C)COc1ccc([C@H]2CC(=O)NC3=C2C(=O)[C@@]2(Oc4c(Cl)c(OC)cc(OC)c4C2=O)[C@H](C)C3)cc1OC. The van der Waals surface area contributed by atoms with Crippen LogP contribution in [0.15, 0.2) is 47.7 Å². The van der Waals surface area contributed by atoms with Gasteiger partial charge < -0.3 is 29.0 Å². The average Bonchev–Trinajstić information content (AvgIpc) is 3.25. The van der Waals surface area contributed by atoms with E-state index in [1.54, 1.807) is 25.1 Å². The molecule has 2 aliphatic heterocycles. The third-order valence-electron chi connectivity index (χ3n) is 7.62. The lowest BCUT2D eigenvalue weighted by Gasteiger charge is -2.41. The molecule has 0 unspecified atom stereocenters. The van der Waals surface area contributed by atoms with E-state index in [1.807, 2.05) is 6.92 Å². The van der Waals surface area contributed by atoms with Crippen LogP contribution >= 0.6 is 11.6 Å². The minimum Gasteiger partial charge on any atom is -0.496 e. The first-order valence-electron chi connectivity index (χ1n) is 12.8. The fourth-order valence-electron chi connectivity index (χ4n) is 5.70. The Morgan fingerprint density at radius 3 is 2.38 bits per heavy atom. The Balaban J connectivity index is 1.60. The van der Waals surface area contributed by atoms with Gasteiger partial charge in [-0.3, -0.25) is 14.4 Å². The highest BCUT2D eigenvalue weighted by Gasteiger charge is 2.63. The topological polar surface area (TPSA) is 109 Å².